The molecule has 2 aromatic heterocycles. The number of likely N-dealkylation sites (tertiary alicyclic amines) is 1. The first kappa shape index (κ1) is 39.5. The van der Waals surface area contributed by atoms with Crippen LogP contribution in [-0.4, -0.2) is 98.0 Å². The third-order valence-corrected chi connectivity index (χ3v) is 6.39. The molecule has 2 aliphatic rings. The second-order valence-electron chi connectivity index (χ2n) is 8.91. The van der Waals surface area contributed by atoms with Gasteiger partial charge in [-0.25, -0.2) is 19.4 Å². The van der Waals surface area contributed by atoms with Crippen molar-refractivity contribution in [2.75, 3.05) is 13.2 Å². The summed E-state index contributed by atoms with van der Waals surface area (Å²) in [7, 11) is 0. The molecule has 11 nitrogen and oxygen atoms in total. The van der Waals surface area contributed by atoms with E-state index in [1.807, 2.05) is 18.3 Å². The molecule has 0 unspecified atom stereocenters. The summed E-state index contributed by atoms with van der Waals surface area (Å²) >= 11 is 1.74. The number of alkyl halides is 9. The van der Waals surface area contributed by atoms with Crippen LogP contribution < -0.4 is 0 Å². The second kappa shape index (κ2) is 17.8. The number of halogens is 9. The third-order valence-electron chi connectivity index (χ3n) is 5.62. The summed E-state index contributed by atoms with van der Waals surface area (Å²) in [6, 6.07) is 4.53. The average Bonchev–Trinajstić information content (AvgIpc) is 3.59. The molecule has 0 aliphatic carbocycles. The van der Waals surface area contributed by atoms with E-state index in [0.717, 1.165) is 31.5 Å². The lowest BCUT2D eigenvalue weighted by atomic mass is 9.99. The number of ether oxygens (including phenoxy) is 2. The fourth-order valence-electron chi connectivity index (χ4n) is 3.70. The second-order valence-corrected chi connectivity index (χ2v) is 9.88. The van der Waals surface area contributed by atoms with Crippen molar-refractivity contribution < 1.29 is 78.7 Å². The standard InChI is InChI=1S/C18H23N3O2S.3C2HF3O2/c1-2-16-17(5-9-21(16)11-18-20-8-10-24-18)23-15(1)13-22-12-14-3-6-19-7-4-14;3*3-2(4,5)1(6)7/h3-4,6-8,10,15-17H,1-2,5,9,11-13H2;3*(H,6,7)/t15-,16-,17-;;;/m0.../s1. The maximum atomic E-state index is 10.6. The van der Waals surface area contributed by atoms with Gasteiger partial charge < -0.3 is 24.8 Å². The molecule has 2 aromatic rings. The van der Waals surface area contributed by atoms with Crippen LogP contribution in [0.4, 0.5) is 39.5 Å². The van der Waals surface area contributed by atoms with Crippen LogP contribution in [0.2, 0.25) is 0 Å². The Labute approximate surface area is 252 Å². The highest BCUT2D eigenvalue weighted by Gasteiger charge is 2.41. The number of hydrogen-bond donors (Lipinski definition) is 3. The molecular weight excluding hydrogens is 661 g/mol. The summed E-state index contributed by atoms with van der Waals surface area (Å²) in [6.07, 6.45) is -5.78. The molecule has 254 valence electrons. The van der Waals surface area contributed by atoms with E-state index < -0.39 is 36.4 Å². The number of aliphatic carboxylic acids is 3. The van der Waals surface area contributed by atoms with Gasteiger partial charge in [0, 0.05) is 36.6 Å². The van der Waals surface area contributed by atoms with Gasteiger partial charge in [-0.05, 0) is 37.0 Å². The van der Waals surface area contributed by atoms with Crippen molar-refractivity contribution in [1.29, 1.82) is 0 Å². The van der Waals surface area contributed by atoms with Crippen molar-refractivity contribution in [3.05, 3.63) is 46.7 Å². The summed E-state index contributed by atoms with van der Waals surface area (Å²) in [4.78, 5) is 37.7. The van der Waals surface area contributed by atoms with Gasteiger partial charge in [-0.15, -0.1) is 11.3 Å². The van der Waals surface area contributed by atoms with Gasteiger partial charge in [-0.3, -0.25) is 9.88 Å². The van der Waals surface area contributed by atoms with Crippen LogP contribution >= 0.6 is 11.3 Å². The number of thiazole rings is 1. The average molecular weight is 688 g/mol. The summed E-state index contributed by atoms with van der Waals surface area (Å²) < 4.78 is 107. The molecule has 4 heterocycles. The molecule has 0 radical (unpaired) electrons. The lowest BCUT2D eigenvalue weighted by molar-refractivity contribution is -0.193. The van der Waals surface area contributed by atoms with Crippen LogP contribution in [-0.2, 0) is 37.0 Å². The van der Waals surface area contributed by atoms with E-state index >= 15 is 0 Å². The van der Waals surface area contributed by atoms with E-state index in [2.05, 4.69) is 20.2 Å². The molecule has 4 rings (SSSR count). The zero-order chi connectivity index (χ0) is 34.4. The Bertz CT molecular complexity index is 1130. The Kier molecular flexibility index (Phi) is 15.6. The smallest absolute Gasteiger partial charge is 0.475 e. The van der Waals surface area contributed by atoms with Crippen LogP contribution in [0.3, 0.4) is 0 Å². The summed E-state index contributed by atoms with van der Waals surface area (Å²) in [6.45, 7) is 3.38. The molecule has 21 heteroatoms. The van der Waals surface area contributed by atoms with E-state index in [1.54, 1.807) is 23.7 Å². The van der Waals surface area contributed by atoms with Crippen molar-refractivity contribution >= 4 is 29.2 Å². The van der Waals surface area contributed by atoms with Crippen LogP contribution in [0, 0.1) is 0 Å². The van der Waals surface area contributed by atoms with Gasteiger partial charge in [0.15, 0.2) is 0 Å². The minimum absolute atomic E-state index is 0.230. The number of nitrogens with zero attached hydrogens (tertiary/aromatic N) is 3. The molecule has 0 bridgehead atoms. The molecule has 0 aromatic carbocycles. The zero-order valence-electron chi connectivity index (χ0n) is 22.7. The molecular formula is C24H26F9N3O8S. The monoisotopic (exact) mass is 687 g/mol. The van der Waals surface area contributed by atoms with E-state index in [9.17, 15) is 39.5 Å². The number of fused-ring (bicyclic) bond motifs is 1. The number of hydrogen-bond acceptors (Lipinski definition) is 9. The van der Waals surface area contributed by atoms with Crippen molar-refractivity contribution in [2.24, 2.45) is 0 Å². The molecule has 45 heavy (non-hydrogen) atoms. The van der Waals surface area contributed by atoms with Crippen LogP contribution in [0.25, 0.3) is 0 Å². The Morgan fingerprint density at radius 3 is 1.82 bits per heavy atom. The minimum atomic E-state index is -5.08. The Hall–Kier alpha value is -3.56. The highest BCUT2D eigenvalue weighted by atomic mass is 32.1. The van der Waals surface area contributed by atoms with Gasteiger partial charge in [0.2, 0.25) is 0 Å². The number of aromatic nitrogens is 2. The maximum Gasteiger partial charge on any atom is 0.490 e. The molecule has 2 aliphatic heterocycles. The van der Waals surface area contributed by atoms with Gasteiger partial charge in [0.25, 0.3) is 0 Å². The number of rotatable bonds is 6. The number of carbonyl (C=O) groups is 3. The molecule has 3 atom stereocenters. The maximum absolute atomic E-state index is 10.6. The Balaban J connectivity index is 0.000000396. The largest absolute Gasteiger partial charge is 0.490 e. The van der Waals surface area contributed by atoms with E-state index in [4.69, 9.17) is 39.2 Å². The molecule has 3 N–H and O–H groups in total. The van der Waals surface area contributed by atoms with E-state index in [1.165, 1.54) is 11.4 Å². The number of pyridine rings is 1. The van der Waals surface area contributed by atoms with Gasteiger partial charge in [-0.2, -0.15) is 39.5 Å². The molecule has 0 amide bonds. The number of carboxylic acid groups (broad SMARTS) is 3. The van der Waals surface area contributed by atoms with Gasteiger partial charge in [0.05, 0.1) is 32.0 Å². The van der Waals surface area contributed by atoms with Crippen LogP contribution in [0.5, 0.6) is 0 Å². The molecule has 2 saturated heterocycles. The topological polar surface area (TPSA) is 159 Å². The summed E-state index contributed by atoms with van der Waals surface area (Å²) in [5.74, 6) is -8.27. The van der Waals surface area contributed by atoms with Crippen LogP contribution in [0.15, 0.2) is 36.1 Å². The molecule has 0 spiro atoms. The SMILES string of the molecule is O=C(O)C(F)(F)F.O=C(O)C(F)(F)F.O=C(O)C(F)(F)F.c1cc(COC[C@@H]2CC[C@H]3[C@H](CCN3Cc3nccs3)O2)ccn1. The zero-order valence-corrected chi connectivity index (χ0v) is 23.5. The molecule has 2 fully saturated rings. The van der Waals surface area contributed by atoms with Gasteiger partial charge in [0.1, 0.15) is 5.01 Å². The molecule has 0 saturated carbocycles. The predicted octanol–water partition coefficient (Wildman–Crippen LogP) is 4.78. The van der Waals surface area contributed by atoms with Crippen molar-refractivity contribution in [1.82, 2.24) is 14.9 Å². The Morgan fingerprint density at radius 2 is 1.38 bits per heavy atom. The van der Waals surface area contributed by atoms with Gasteiger partial charge in [-0.1, -0.05) is 0 Å². The minimum Gasteiger partial charge on any atom is -0.475 e. The quantitative estimate of drug-likeness (QED) is 0.359. The lowest BCUT2D eigenvalue weighted by Crippen LogP contribution is -2.43. The first-order valence-electron chi connectivity index (χ1n) is 12.4. The van der Waals surface area contributed by atoms with Crippen molar-refractivity contribution in [3.63, 3.8) is 0 Å². The van der Waals surface area contributed by atoms with Gasteiger partial charge >= 0.3 is 36.4 Å². The fraction of sp³-hybridized carbons (Fsp3) is 0.542. The Morgan fingerprint density at radius 1 is 0.867 bits per heavy atom. The van der Waals surface area contributed by atoms with Crippen molar-refractivity contribution in [3.8, 4) is 0 Å². The fourth-order valence-corrected chi connectivity index (χ4v) is 4.34. The first-order chi connectivity index (χ1) is 20.7. The van der Waals surface area contributed by atoms with Crippen LogP contribution in [0.1, 0.15) is 29.8 Å². The summed E-state index contributed by atoms with van der Waals surface area (Å²) in [5.41, 5.74) is 1.16. The third kappa shape index (κ3) is 15.8. The highest BCUT2D eigenvalue weighted by Crippen LogP contribution is 2.32. The van der Waals surface area contributed by atoms with E-state index in [-0.39, 0.29) is 6.10 Å². The normalized spacial score (nSPS) is 19.8. The van der Waals surface area contributed by atoms with E-state index in [0.29, 0.717) is 25.4 Å². The number of carboxylic acids is 3. The predicted molar refractivity (Wildman–Crippen MR) is 134 cm³/mol. The van der Waals surface area contributed by atoms with Crippen molar-refractivity contribution in [2.45, 2.75) is 69.2 Å². The lowest BCUT2D eigenvalue weighted by Gasteiger charge is -2.35. The first-order valence-corrected chi connectivity index (χ1v) is 13.2. The highest BCUT2D eigenvalue weighted by molar-refractivity contribution is 7.09. The summed E-state index contributed by atoms with van der Waals surface area (Å²) in [5, 5.41) is 24.6.